The minimum atomic E-state index is -1.57. The molecule has 1 N–H and O–H groups in total. The Morgan fingerprint density at radius 1 is 0.903 bits per heavy atom. The molecule has 31 heavy (non-hydrogen) atoms. The van der Waals surface area contributed by atoms with Crippen molar-refractivity contribution in [2.24, 2.45) is 0 Å². The zero-order valence-corrected chi connectivity index (χ0v) is 19.4. The maximum atomic E-state index is 9.87. The van der Waals surface area contributed by atoms with Crippen molar-refractivity contribution >= 4 is 32.8 Å². The molecule has 0 aliphatic heterocycles. The summed E-state index contributed by atoms with van der Waals surface area (Å²) in [7, 11) is 0. The van der Waals surface area contributed by atoms with Gasteiger partial charge in [-0.05, 0) is 35.8 Å². The number of hydrogen-bond donors (Lipinski definition) is 1. The van der Waals surface area contributed by atoms with Gasteiger partial charge in [0.15, 0.2) is 11.1 Å². The lowest BCUT2D eigenvalue weighted by Crippen LogP contribution is -1.94. The summed E-state index contributed by atoms with van der Waals surface area (Å²) in [4.78, 5) is 4.97. The molecule has 0 fully saturated rings. The molecule has 162 valence electrons. The van der Waals surface area contributed by atoms with E-state index in [1.54, 1.807) is 0 Å². The molecule has 0 bridgehead atoms. The van der Waals surface area contributed by atoms with Crippen LogP contribution in [0.15, 0.2) is 72.8 Å². The van der Waals surface area contributed by atoms with Gasteiger partial charge in [0.05, 0.1) is 11.2 Å². The molecule has 0 aliphatic rings. The van der Waals surface area contributed by atoms with Gasteiger partial charge in [-0.15, -0.1) is 0 Å². The van der Waals surface area contributed by atoms with Crippen LogP contribution in [-0.4, -0.2) is 19.5 Å². The zero-order chi connectivity index (χ0) is 22.2. The third kappa shape index (κ3) is 5.78. The summed E-state index contributed by atoms with van der Waals surface area (Å²) in [6, 6.07) is 25.8. The molecule has 1 heterocycles. The monoisotopic (exact) mass is 433 g/mol. The molecular weight excluding hydrogens is 402 g/mol. The van der Waals surface area contributed by atoms with E-state index in [1.807, 2.05) is 13.0 Å². The van der Waals surface area contributed by atoms with Crippen LogP contribution in [0.5, 0.6) is 0 Å². The molecule has 0 radical (unpaired) electrons. The Morgan fingerprint density at radius 2 is 1.61 bits per heavy atom. The normalized spacial score (nSPS) is 12.9. The van der Waals surface area contributed by atoms with Crippen molar-refractivity contribution in [1.82, 2.24) is 4.98 Å². The molecule has 0 aliphatic carbocycles. The number of benzene rings is 3. The van der Waals surface area contributed by atoms with E-state index in [9.17, 15) is 4.21 Å². The highest BCUT2D eigenvalue weighted by molar-refractivity contribution is 7.79. The quantitative estimate of drug-likeness (QED) is 0.252. The number of hydrogen-bond acceptors (Lipinski definition) is 2. The van der Waals surface area contributed by atoms with Crippen LogP contribution in [0.1, 0.15) is 51.5 Å². The summed E-state index contributed by atoms with van der Waals surface area (Å²) in [5.41, 5.74) is 4.70. The topological polar surface area (TPSA) is 50.2 Å². The second kappa shape index (κ2) is 11.2. The van der Waals surface area contributed by atoms with E-state index in [2.05, 4.69) is 80.6 Å². The molecule has 3 nitrogen and oxygen atoms in total. The smallest absolute Gasteiger partial charge is 0.152 e. The summed E-state index contributed by atoms with van der Waals surface area (Å²) < 4.78 is 18.0. The Hall–Kier alpha value is -2.56. The van der Waals surface area contributed by atoms with Crippen LogP contribution in [0.2, 0.25) is 0 Å². The second-order valence-corrected chi connectivity index (χ2v) is 8.89. The summed E-state index contributed by atoms with van der Waals surface area (Å²) in [5, 5.41) is 3.77. The van der Waals surface area contributed by atoms with Crippen molar-refractivity contribution in [3.63, 3.8) is 0 Å². The molecule has 4 aromatic rings. The van der Waals surface area contributed by atoms with Gasteiger partial charge in [-0.1, -0.05) is 93.9 Å². The number of aromatic nitrogens is 1. The molecule has 0 saturated carbocycles. The standard InChI is InChI=1S/C23H21N.C4H10O2S/c1-3-16(2)18-13-14-20-21(15-18)19-11-7-8-12-22(19)24-23(20)17-9-5-4-6-10-17;1-2-3-4-7(5)6/h4-16H,3H2,1-2H3;2-4H2,1H3,(H,5,6). The van der Waals surface area contributed by atoms with Crippen molar-refractivity contribution in [2.45, 2.75) is 46.0 Å². The van der Waals surface area contributed by atoms with E-state index in [0.717, 1.165) is 30.5 Å². The Balaban J connectivity index is 0.000000339. The molecule has 0 amide bonds. The minimum absolute atomic E-state index is 0.427. The lowest BCUT2D eigenvalue weighted by Gasteiger charge is -2.14. The molecule has 2 unspecified atom stereocenters. The van der Waals surface area contributed by atoms with Crippen LogP contribution < -0.4 is 0 Å². The van der Waals surface area contributed by atoms with Gasteiger partial charge in [-0.2, -0.15) is 0 Å². The predicted molar refractivity (Wildman–Crippen MR) is 134 cm³/mol. The highest BCUT2D eigenvalue weighted by Crippen LogP contribution is 2.34. The fourth-order valence-corrected chi connectivity index (χ4v) is 4.13. The van der Waals surface area contributed by atoms with E-state index < -0.39 is 11.1 Å². The molecule has 2 atom stereocenters. The molecule has 1 aromatic heterocycles. The summed E-state index contributed by atoms with van der Waals surface area (Å²) in [6.45, 7) is 6.53. The molecule has 0 saturated heterocycles. The average molecular weight is 434 g/mol. The van der Waals surface area contributed by atoms with Crippen molar-refractivity contribution in [2.75, 3.05) is 5.75 Å². The van der Waals surface area contributed by atoms with E-state index in [4.69, 9.17) is 9.54 Å². The van der Waals surface area contributed by atoms with E-state index in [-0.39, 0.29) is 0 Å². The van der Waals surface area contributed by atoms with Gasteiger partial charge in [0.25, 0.3) is 0 Å². The molecule has 0 spiro atoms. The van der Waals surface area contributed by atoms with Gasteiger partial charge in [-0.3, -0.25) is 0 Å². The summed E-state index contributed by atoms with van der Waals surface area (Å²) in [6.07, 6.45) is 3.00. The molecular formula is C27H31NO2S. The molecule has 4 rings (SSSR count). The van der Waals surface area contributed by atoms with Crippen molar-refractivity contribution in [3.05, 3.63) is 78.4 Å². The summed E-state index contributed by atoms with van der Waals surface area (Å²) in [5.74, 6) is 0.998. The molecule has 4 heteroatoms. The fourth-order valence-electron chi connectivity index (χ4n) is 3.60. The maximum Gasteiger partial charge on any atom is 0.152 e. The lowest BCUT2D eigenvalue weighted by molar-refractivity contribution is 0.561. The van der Waals surface area contributed by atoms with Gasteiger partial charge in [0.1, 0.15) is 0 Å². The second-order valence-electron chi connectivity index (χ2n) is 7.84. The van der Waals surface area contributed by atoms with E-state index in [0.29, 0.717) is 11.7 Å². The number of unbranched alkanes of at least 4 members (excludes halogenated alkanes) is 1. The van der Waals surface area contributed by atoms with Crippen LogP contribution >= 0.6 is 0 Å². The first-order valence-electron chi connectivity index (χ1n) is 11.0. The van der Waals surface area contributed by atoms with Gasteiger partial charge in [0, 0.05) is 22.1 Å². The van der Waals surface area contributed by atoms with Crippen LogP contribution in [-0.2, 0) is 11.1 Å². The highest BCUT2D eigenvalue weighted by Gasteiger charge is 2.12. The average Bonchev–Trinajstić information content (AvgIpc) is 2.82. The number of rotatable bonds is 6. The van der Waals surface area contributed by atoms with Gasteiger partial charge in [-0.25, -0.2) is 9.19 Å². The highest BCUT2D eigenvalue weighted by atomic mass is 32.2. The SMILES string of the molecule is CCC(C)c1ccc2c(-c3ccccc3)nc3ccccc3c2c1.CCCCS(=O)O. The Bertz CT molecular complexity index is 1160. The van der Waals surface area contributed by atoms with Crippen LogP contribution in [0, 0.1) is 0 Å². The number of fused-ring (bicyclic) bond motifs is 3. The Morgan fingerprint density at radius 3 is 2.26 bits per heavy atom. The number of para-hydroxylation sites is 1. The van der Waals surface area contributed by atoms with Crippen molar-refractivity contribution in [3.8, 4) is 11.3 Å². The lowest BCUT2D eigenvalue weighted by atomic mass is 9.93. The third-order valence-electron chi connectivity index (χ3n) is 5.63. The van der Waals surface area contributed by atoms with Crippen LogP contribution in [0.25, 0.3) is 32.9 Å². The fraction of sp³-hybridized carbons (Fsp3) is 0.296. The van der Waals surface area contributed by atoms with Crippen molar-refractivity contribution in [1.29, 1.82) is 0 Å². The zero-order valence-electron chi connectivity index (χ0n) is 18.5. The first kappa shape index (κ1) is 23.1. The maximum absolute atomic E-state index is 9.87. The van der Waals surface area contributed by atoms with E-state index >= 15 is 0 Å². The minimum Gasteiger partial charge on any atom is -0.306 e. The Kier molecular flexibility index (Phi) is 8.33. The van der Waals surface area contributed by atoms with Gasteiger partial charge < -0.3 is 4.55 Å². The number of nitrogens with zero attached hydrogens (tertiary/aromatic N) is 1. The van der Waals surface area contributed by atoms with Gasteiger partial charge in [0.2, 0.25) is 0 Å². The first-order valence-corrected chi connectivity index (χ1v) is 12.3. The van der Waals surface area contributed by atoms with Crippen molar-refractivity contribution < 1.29 is 8.76 Å². The molecule has 3 aromatic carbocycles. The first-order chi connectivity index (χ1) is 15.0. The van der Waals surface area contributed by atoms with Crippen LogP contribution in [0.3, 0.4) is 0 Å². The Labute approximate surface area is 187 Å². The van der Waals surface area contributed by atoms with Gasteiger partial charge >= 0.3 is 0 Å². The largest absolute Gasteiger partial charge is 0.306 e. The van der Waals surface area contributed by atoms with Crippen LogP contribution in [0.4, 0.5) is 0 Å². The predicted octanol–water partition coefficient (Wildman–Crippen LogP) is 7.58. The third-order valence-corrected chi connectivity index (χ3v) is 6.26. The summed E-state index contributed by atoms with van der Waals surface area (Å²) >= 11 is -1.57. The van der Waals surface area contributed by atoms with E-state index in [1.165, 1.54) is 27.3 Å². The number of pyridine rings is 1.